The van der Waals surface area contributed by atoms with Crippen molar-refractivity contribution in [3.8, 4) is 5.69 Å². The summed E-state index contributed by atoms with van der Waals surface area (Å²) in [5.74, 6) is -1.35. The van der Waals surface area contributed by atoms with Gasteiger partial charge in [-0.2, -0.15) is 18.3 Å². The van der Waals surface area contributed by atoms with Crippen molar-refractivity contribution in [2.45, 2.75) is 6.18 Å². The van der Waals surface area contributed by atoms with Crippen LogP contribution in [0.4, 0.5) is 24.5 Å². The third-order valence-corrected chi connectivity index (χ3v) is 6.28. The van der Waals surface area contributed by atoms with Gasteiger partial charge in [-0.05, 0) is 36.4 Å². The van der Waals surface area contributed by atoms with Crippen molar-refractivity contribution >= 4 is 56.5 Å². The first kappa shape index (κ1) is 22.1. The molecular formula is C25H13ClF3N5O2. The molecule has 2 N–H and O–H groups in total. The molecule has 178 valence electrons. The zero-order valence-electron chi connectivity index (χ0n) is 18.0. The number of amides is 2. The van der Waals surface area contributed by atoms with Crippen LogP contribution in [0.1, 0.15) is 26.4 Å². The third-order valence-electron chi connectivity index (χ3n) is 5.95. The molecule has 0 saturated carbocycles. The average molecular weight is 508 g/mol. The van der Waals surface area contributed by atoms with Gasteiger partial charge in [-0.3, -0.25) is 14.6 Å². The van der Waals surface area contributed by atoms with E-state index in [9.17, 15) is 22.8 Å². The molecule has 0 fully saturated rings. The lowest BCUT2D eigenvalue weighted by Gasteiger charge is -2.15. The highest BCUT2D eigenvalue weighted by Gasteiger charge is 2.41. The van der Waals surface area contributed by atoms with Crippen molar-refractivity contribution in [2.24, 2.45) is 0 Å². The van der Waals surface area contributed by atoms with E-state index in [1.807, 2.05) is 0 Å². The number of aromatic nitrogens is 3. The fourth-order valence-electron chi connectivity index (χ4n) is 4.41. The van der Waals surface area contributed by atoms with Crippen LogP contribution in [0, 0.1) is 0 Å². The summed E-state index contributed by atoms with van der Waals surface area (Å²) in [7, 11) is 0. The van der Waals surface area contributed by atoms with E-state index in [0.717, 1.165) is 6.20 Å². The number of hydrogen-bond acceptors (Lipinski definition) is 4. The van der Waals surface area contributed by atoms with Crippen molar-refractivity contribution in [1.82, 2.24) is 14.8 Å². The van der Waals surface area contributed by atoms with Crippen LogP contribution in [0.15, 0.2) is 67.0 Å². The Bertz CT molecular complexity index is 1750. The van der Waals surface area contributed by atoms with Gasteiger partial charge in [0.25, 0.3) is 11.8 Å². The molecule has 36 heavy (non-hydrogen) atoms. The van der Waals surface area contributed by atoms with E-state index in [2.05, 4.69) is 20.7 Å². The number of carbonyl (C=O) groups excluding carboxylic acids is 2. The van der Waals surface area contributed by atoms with Crippen molar-refractivity contribution in [1.29, 1.82) is 0 Å². The molecule has 3 heterocycles. The SMILES string of the molecule is O=C(Nc1cnc2cccc(Cl)c2c1)c1cnn(-c2ccc3c4c(cccc24)C(=O)N3)c1C(F)(F)F. The summed E-state index contributed by atoms with van der Waals surface area (Å²) in [5.41, 5.74) is -0.233. The molecule has 0 radical (unpaired) electrons. The number of pyridine rings is 1. The van der Waals surface area contributed by atoms with Gasteiger partial charge in [0.15, 0.2) is 5.69 Å². The topological polar surface area (TPSA) is 88.9 Å². The highest BCUT2D eigenvalue weighted by Crippen LogP contribution is 2.39. The largest absolute Gasteiger partial charge is 0.434 e. The Kier molecular flexibility index (Phi) is 4.77. The Labute approximate surface area is 205 Å². The summed E-state index contributed by atoms with van der Waals surface area (Å²) in [6.07, 6.45) is -2.71. The predicted octanol–water partition coefficient (Wildman–Crippen LogP) is 6.06. The molecule has 11 heteroatoms. The van der Waals surface area contributed by atoms with E-state index in [4.69, 9.17) is 11.6 Å². The monoisotopic (exact) mass is 507 g/mol. The molecule has 1 aliphatic heterocycles. The maximum atomic E-state index is 14.3. The summed E-state index contributed by atoms with van der Waals surface area (Å²) in [4.78, 5) is 29.4. The Morgan fingerprint density at radius 3 is 2.64 bits per heavy atom. The van der Waals surface area contributed by atoms with E-state index in [1.54, 1.807) is 36.4 Å². The zero-order valence-corrected chi connectivity index (χ0v) is 18.8. The number of anilines is 2. The summed E-state index contributed by atoms with van der Waals surface area (Å²) in [5, 5.41) is 10.9. The average Bonchev–Trinajstić information content (AvgIpc) is 3.43. The normalized spacial score (nSPS) is 12.8. The first-order valence-corrected chi connectivity index (χ1v) is 11.0. The highest BCUT2D eigenvalue weighted by atomic mass is 35.5. The lowest BCUT2D eigenvalue weighted by molar-refractivity contribution is -0.143. The molecule has 5 aromatic rings. The van der Waals surface area contributed by atoms with Gasteiger partial charge < -0.3 is 10.6 Å². The molecular weight excluding hydrogens is 495 g/mol. The number of nitrogens with zero attached hydrogens (tertiary/aromatic N) is 3. The molecule has 0 bridgehead atoms. The van der Waals surface area contributed by atoms with Crippen molar-refractivity contribution < 1.29 is 22.8 Å². The van der Waals surface area contributed by atoms with E-state index in [0.29, 0.717) is 42.6 Å². The second-order valence-electron chi connectivity index (χ2n) is 8.12. The second-order valence-corrected chi connectivity index (χ2v) is 8.52. The molecule has 7 nitrogen and oxygen atoms in total. The molecule has 0 atom stereocenters. The number of hydrogen-bond donors (Lipinski definition) is 2. The number of halogens is 4. The smallest absolute Gasteiger partial charge is 0.321 e. The molecule has 2 amide bonds. The summed E-state index contributed by atoms with van der Waals surface area (Å²) >= 11 is 6.18. The summed E-state index contributed by atoms with van der Waals surface area (Å²) in [6, 6.07) is 14.3. The van der Waals surface area contributed by atoms with Gasteiger partial charge in [-0.25, -0.2) is 4.68 Å². The molecule has 3 aromatic carbocycles. The minimum Gasteiger partial charge on any atom is -0.321 e. The van der Waals surface area contributed by atoms with Gasteiger partial charge in [0.1, 0.15) is 0 Å². The van der Waals surface area contributed by atoms with E-state index in [-0.39, 0.29) is 17.3 Å². The molecule has 6 rings (SSSR count). The molecule has 1 aliphatic rings. The highest BCUT2D eigenvalue weighted by molar-refractivity contribution is 6.35. The number of fused-ring (bicyclic) bond motifs is 1. The fourth-order valence-corrected chi connectivity index (χ4v) is 4.63. The van der Waals surface area contributed by atoms with Crippen LogP contribution in [-0.4, -0.2) is 26.6 Å². The molecule has 0 aliphatic carbocycles. The zero-order chi connectivity index (χ0) is 25.2. The molecule has 0 spiro atoms. The van der Waals surface area contributed by atoms with Gasteiger partial charge in [-0.15, -0.1) is 0 Å². The van der Waals surface area contributed by atoms with Gasteiger partial charge in [0.05, 0.1) is 39.9 Å². The minimum absolute atomic E-state index is 0.0811. The van der Waals surface area contributed by atoms with Crippen LogP contribution in [0.2, 0.25) is 5.02 Å². The van der Waals surface area contributed by atoms with E-state index < -0.39 is 23.3 Å². The lowest BCUT2D eigenvalue weighted by atomic mass is 10.0. The number of alkyl halides is 3. The summed E-state index contributed by atoms with van der Waals surface area (Å²) in [6.45, 7) is 0. The van der Waals surface area contributed by atoms with E-state index >= 15 is 0 Å². The molecule has 0 unspecified atom stereocenters. The van der Waals surface area contributed by atoms with Crippen LogP contribution in [0.5, 0.6) is 0 Å². The van der Waals surface area contributed by atoms with Crippen LogP contribution < -0.4 is 10.6 Å². The van der Waals surface area contributed by atoms with Crippen LogP contribution in [0.3, 0.4) is 0 Å². The number of carbonyl (C=O) groups is 2. The number of rotatable bonds is 3. The first-order chi connectivity index (χ1) is 17.2. The van der Waals surface area contributed by atoms with Gasteiger partial charge in [0, 0.05) is 27.4 Å². The van der Waals surface area contributed by atoms with Gasteiger partial charge >= 0.3 is 6.18 Å². The second kappa shape index (κ2) is 7.79. The van der Waals surface area contributed by atoms with Gasteiger partial charge in [-0.1, -0.05) is 29.8 Å². The van der Waals surface area contributed by atoms with Crippen molar-refractivity contribution in [3.63, 3.8) is 0 Å². The predicted molar refractivity (Wildman–Crippen MR) is 129 cm³/mol. The quantitative estimate of drug-likeness (QED) is 0.310. The Balaban J connectivity index is 1.46. The standard InChI is InChI=1S/C25H13ClF3N5O2/c26-17-5-2-6-18-15(17)9-12(10-30-18)32-24(36)16-11-31-34(22(16)25(27,28)29)20-8-7-19-21-13(20)3-1-4-14(21)23(35)33-19/h1-11H,(H,32,36)(H,33,35). The van der Waals surface area contributed by atoms with Gasteiger partial charge in [0.2, 0.25) is 0 Å². The molecule has 2 aromatic heterocycles. The third kappa shape index (κ3) is 3.37. The number of nitrogens with one attached hydrogen (secondary N) is 2. The summed E-state index contributed by atoms with van der Waals surface area (Å²) < 4.78 is 43.5. The van der Waals surface area contributed by atoms with Crippen LogP contribution in [0.25, 0.3) is 27.4 Å². The maximum Gasteiger partial charge on any atom is 0.434 e. The fraction of sp³-hybridized carbons (Fsp3) is 0.0400. The van der Waals surface area contributed by atoms with Crippen LogP contribution in [-0.2, 0) is 6.18 Å². The number of benzene rings is 3. The Hall–Kier alpha value is -4.44. The Morgan fingerprint density at radius 1 is 1.03 bits per heavy atom. The molecule has 0 saturated heterocycles. The maximum absolute atomic E-state index is 14.3. The van der Waals surface area contributed by atoms with Crippen LogP contribution >= 0.6 is 11.6 Å². The van der Waals surface area contributed by atoms with E-state index in [1.165, 1.54) is 24.4 Å². The van der Waals surface area contributed by atoms with Crippen molar-refractivity contribution in [2.75, 3.05) is 10.6 Å². The minimum atomic E-state index is -4.91. The van der Waals surface area contributed by atoms with Crippen molar-refractivity contribution in [3.05, 3.63) is 88.8 Å². The lowest BCUT2D eigenvalue weighted by Crippen LogP contribution is -2.21. The first-order valence-electron chi connectivity index (χ1n) is 10.6. The Morgan fingerprint density at radius 2 is 1.83 bits per heavy atom.